The molecule has 0 spiro atoms. The van der Waals surface area contributed by atoms with E-state index in [1.807, 2.05) is 12.1 Å². The first-order valence-corrected chi connectivity index (χ1v) is 6.49. The number of halogens is 1. The van der Waals surface area contributed by atoms with Gasteiger partial charge in [0.2, 0.25) is 12.3 Å². The summed E-state index contributed by atoms with van der Waals surface area (Å²) in [7, 11) is 1.56. The maximum absolute atomic E-state index is 10.6. The molecule has 21 heavy (non-hydrogen) atoms. The van der Waals surface area contributed by atoms with Crippen molar-refractivity contribution in [3.8, 4) is 17.1 Å². The van der Waals surface area contributed by atoms with Crippen molar-refractivity contribution < 1.29 is 9.53 Å². The molecule has 1 aromatic carbocycles. The van der Waals surface area contributed by atoms with Gasteiger partial charge in [0.1, 0.15) is 0 Å². The van der Waals surface area contributed by atoms with Crippen molar-refractivity contribution in [1.82, 2.24) is 14.6 Å². The Labute approximate surface area is 125 Å². The Kier molecular flexibility index (Phi) is 3.45. The summed E-state index contributed by atoms with van der Waals surface area (Å²) in [6.45, 7) is 0. The number of amides is 1. The molecule has 0 bridgehead atoms. The van der Waals surface area contributed by atoms with Gasteiger partial charge in [-0.1, -0.05) is 17.7 Å². The van der Waals surface area contributed by atoms with E-state index in [0.717, 1.165) is 11.3 Å². The zero-order valence-electron chi connectivity index (χ0n) is 11.1. The van der Waals surface area contributed by atoms with Gasteiger partial charge in [-0.3, -0.25) is 4.79 Å². The number of rotatable bonds is 4. The molecule has 0 radical (unpaired) electrons. The molecule has 106 valence electrons. The largest absolute Gasteiger partial charge is 0.480 e. The summed E-state index contributed by atoms with van der Waals surface area (Å²) in [5.41, 5.74) is 2.78. The fourth-order valence-corrected chi connectivity index (χ4v) is 2.14. The highest BCUT2D eigenvalue weighted by Gasteiger charge is 2.08. The molecule has 0 saturated carbocycles. The lowest BCUT2D eigenvalue weighted by Crippen LogP contribution is -1.94. The van der Waals surface area contributed by atoms with Crippen LogP contribution in [0.5, 0.6) is 5.88 Å². The Bertz CT molecular complexity index is 816. The van der Waals surface area contributed by atoms with Gasteiger partial charge in [-0.05, 0) is 18.2 Å². The van der Waals surface area contributed by atoms with Gasteiger partial charge in [-0.15, -0.1) is 5.10 Å². The molecule has 7 heteroatoms. The number of anilines is 1. The minimum Gasteiger partial charge on any atom is -0.480 e. The van der Waals surface area contributed by atoms with Gasteiger partial charge in [0.25, 0.3) is 0 Å². The minimum atomic E-state index is 0.467. The molecule has 0 atom stereocenters. The number of ether oxygens (including phenoxy) is 1. The smallest absolute Gasteiger partial charge is 0.231 e. The molecular weight excluding hydrogens is 292 g/mol. The predicted octanol–water partition coefficient (Wildman–Crippen LogP) is 2.63. The molecule has 0 aliphatic carbocycles. The molecule has 0 unspecified atom stereocenters. The van der Waals surface area contributed by atoms with Crippen LogP contribution in [0.25, 0.3) is 16.9 Å². The summed E-state index contributed by atoms with van der Waals surface area (Å²) in [6, 6.07) is 8.86. The van der Waals surface area contributed by atoms with E-state index in [9.17, 15) is 4.79 Å². The minimum absolute atomic E-state index is 0.467. The molecule has 0 fully saturated rings. The second-order valence-electron chi connectivity index (χ2n) is 4.26. The summed E-state index contributed by atoms with van der Waals surface area (Å²) < 4.78 is 6.71. The van der Waals surface area contributed by atoms with Crippen LogP contribution in [-0.2, 0) is 4.79 Å². The van der Waals surface area contributed by atoms with E-state index in [1.165, 1.54) is 0 Å². The quantitative estimate of drug-likeness (QED) is 0.752. The first-order valence-electron chi connectivity index (χ1n) is 6.12. The van der Waals surface area contributed by atoms with Gasteiger partial charge in [-0.25, -0.2) is 9.50 Å². The Morgan fingerprint density at radius 2 is 2.19 bits per heavy atom. The van der Waals surface area contributed by atoms with Gasteiger partial charge >= 0.3 is 0 Å². The molecule has 0 saturated heterocycles. The van der Waals surface area contributed by atoms with Crippen LogP contribution in [-0.4, -0.2) is 28.1 Å². The lowest BCUT2D eigenvalue weighted by atomic mass is 10.1. The van der Waals surface area contributed by atoms with Crippen molar-refractivity contribution in [2.45, 2.75) is 0 Å². The molecule has 1 amide bonds. The highest BCUT2D eigenvalue weighted by molar-refractivity contribution is 6.33. The number of hydrogen-bond acceptors (Lipinski definition) is 4. The van der Waals surface area contributed by atoms with Gasteiger partial charge in [0, 0.05) is 11.6 Å². The number of imidazole rings is 1. The molecule has 2 aromatic heterocycles. The molecular formula is C14H11ClN4O2. The van der Waals surface area contributed by atoms with E-state index >= 15 is 0 Å². The topological polar surface area (TPSA) is 68.5 Å². The van der Waals surface area contributed by atoms with Gasteiger partial charge in [0.15, 0.2) is 5.65 Å². The van der Waals surface area contributed by atoms with Crippen LogP contribution in [0, 0.1) is 0 Å². The van der Waals surface area contributed by atoms with Crippen molar-refractivity contribution in [3.63, 3.8) is 0 Å². The summed E-state index contributed by atoms with van der Waals surface area (Å²) in [6.07, 6.45) is 2.37. The number of aromatic nitrogens is 3. The fraction of sp³-hybridized carbons (Fsp3) is 0.0714. The number of carbonyl (C=O) groups excluding carboxylic acids is 1. The van der Waals surface area contributed by atoms with Gasteiger partial charge in [-0.2, -0.15) is 0 Å². The summed E-state index contributed by atoms with van der Waals surface area (Å²) >= 11 is 6.00. The number of fused-ring (bicyclic) bond motifs is 1. The van der Waals surface area contributed by atoms with Crippen molar-refractivity contribution >= 4 is 29.3 Å². The van der Waals surface area contributed by atoms with Crippen molar-refractivity contribution in [2.75, 3.05) is 12.4 Å². The molecule has 0 aliphatic heterocycles. The fourth-order valence-electron chi connectivity index (χ4n) is 1.97. The van der Waals surface area contributed by atoms with Crippen molar-refractivity contribution in [3.05, 3.63) is 41.6 Å². The number of nitrogens with one attached hydrogen (secondary N) is 1. The Hall–Kier alpha value is -2.60. The molecule has 3 aromatic rings. The summed E-state index contributed by atoms with van der Waals surface area (Å²) in [4.78, 5) is 15.0. The average molecular weight is 303 g/mol. The molecule has 0 aliphatic rings. The third-order valence-corrected chi connectivity index (χ3v) is 3.31. The van der Waals surface area contributed by atoms with Crippen LogP contribution in [0.15, 0.2) is 36.5 Å². The van der Waals surface area contributed by atoms with E-state index in [0.29, 0.717) is 28.6 Å². The van der Waals surface area contributed by atoms with Crippen LogP contribution in [0.2, 0.25) is 5.02 Å². The maximum Gasteiger partial charge on any atom is 0.231 e. The van der Waals surface area contributed by atoms with Crippen LogP contribution < -0.4 is 10.1 Å². The summed E-state index contributed by atoms with van der Waals surface area (Å²) in [5, 5.41) is 7.27. The van der Waals surface area contributed by atoms with Gasteiger partial charge in [0.05, 0.1) is 29.7 Å². The number of carbonyl (C=O) groups is 1. The van der Waals surface area contributed by atoms with E-state index in [2.05, 4.69) is 15.4 Å². The highest BCUT2D eigenvalue weighted by atomic mass is 35.5. The lowest BCUT2D eigenvalue weighted by Gasteiger charge is -2.04. The standard InChI is InChI=1S/C14H11ClN4O2/c1-21-14-5-4-13-17-12(7-19(13)18-14)9-2-3-10(15)11(6-9)16-8-20/h2-8H,1H3,(H,16,20). The second-order valence-corrected chi connectivity index (χ2v) is 4.67. The second kappa shape index (κ2) is 5.41. The Balaban J connectivity index is 2.07. The normalized spacial score (nSPS) is 10.6. The molecule has 6 nitrogen and oxygen atoms in total. The first kappa shape index (κ1) is 13.4. The van der Waals surface area contributed by atoms with Crippen LogP contribution in [0.1, 0.15) is 0 Å². The van der Waals surface area contributed by atoms with Crippen molar-refractivity contribution in [2.24, 2.45) is 0 Å². The molecule has 2 heterocycles. The van der Waals surface area contributed by atoms with Crippen LogP contribution >= 0.6 is 11.6 Å². The van der Waals surface area contributed by atoms with E-state index < -0.39 is 0 Å². The Morgan fingerprint density at radius 3 is 2.95 bits per heavy atom. The maximum atomic E-state index is 10.6. The van der Waals surface area contributed by atoms with Crippen molar-refractivity contribution in [1.29, 1.82) is 0 Å². The first-order chi connectivity index (χ1) is 10.2. The van der Waals surface area contributed by atoms with Crippen LogP contribution in [0.3, 0.4) is 0 Å². The average Bonchev–Trinajstić information content (AvgIpc) is 2.92. The van der Waals surface area contributed by atoms with E-state index in [1.54, 1.807) is 36.0 Å². The zero-order valence-corrected chi connectivity index (χ0v) is 11.8. The number of nitrogens with zero attached hydrogens (tertiary/aromatic N) is 3. The predicted molar refractivity (Wildman–Crippen MR) is 79.7 cm³/mol. The highest BCUT2D eigenvalue weighted by Crippen LogP contribution is 2.28. The third-order valence-electron chi connectivity index (χ3n) is 2.98. The third kappa shape index (κ3) is 2.53. The van der Waals surface area contributed by atoms with Crippen LogP contribution in [0.4, 0.5) is 5.69 Å². The summed E-state index contributed by atoms with van der Waals surface area (Å²) in [5.74, 6) is 0.505. The zero-order chi connectivity index (χ0) is 14.8. The van der Waals surface area contributed by atoms with E-state index in [-0.39, 0.29) is 0 Å². The lowest BCUT2D eigenvalue weighted by molar-refractivity contribution is -0.105. The van der Waals surface area contributed by atoms with E-state index in [4.69, 9.17) is 16.3 Å². The Morgan fingerprint density at radius 1 is 1.33 bits per heavy atom. The van der Waals surface area contributed by atoms with Gasteiger partial charge < -0.3 is 10.1 Å². The molecule has 1 N–H and O–H groups in total. The monoisotopic (exact) mass is 302 g/mol. The number of benzene rings is 1. The number of hydrogen-bond donors (Lipinski definition) is 1. The SMILES string of the molecule is COc1ccc2nc(-c3ccc(Cl)c(NC=O)c3)cn2n1. The molecule has 3 rings (SSSR count). The number of methoxy groups -OCH3 is 1.